The van der Waals surface area contributed by atoms with Gasteiger partial charge in [-0.2, -0.15) is 4.98 Å². The van der Waals surface area contributed by atoms with Crippen LogP contribution in [-0.4, -0.2) is 24.9 Å². The number of nitrogens with zero attached hydrogens (tertiary/aromatic N) is 4. The maximum atomic E-state index is 6.29. The molecule has 3 N–H and O–H groups in total. The quantitative estimate of drug-likeness (QED) is 0.271. The molecule has 0 saturated heterocycles. The van der Waals surface area contributed by atoms with Gasteiger partial charge < -0.3 is 20.2 Å². The Morgan fingerprint density at radius 3 is 2.29 bits per heavy atom. The fraction of sp³-hybridized carbons (Fsp3) is 0.0667. The predicted molar refractivity (Wildman–Crippen MR) is 146 cm³/mol. The van der Waals surface area contributed by atoms with E-state index >= 15 is 0 Å². The molecule has 0 fully saturated rings. The van der Waals surface area contributed by atoms with Crippen LogP contribution in [0.25, 0.3) is 33.5 Å². The highest BCUT2D eigenvalue weighted by Crippen LogP contribution is 2.36. The lowest BCUT2D eigenvalue weighted by molar-refractivity contribution is 0.284. The van der Waals surface area contributed by atoms with Crippen molar-refractivity contribution in [2.45, 2.75) is 13.2 Å². The monoisotopic (exact) mass is 500 g/mol. The highest BCUT2D eigenvalue weighted by atomic mass is 16.5. The number of hydrogen-bond acceptors (Lipinski definition) is 7. The number of pyridine rings is 2. The molecule has 186 valence electrons. The van der Waals surface area contributed by atoms with Crippen LogP contribution in [0.15, 0.2) is 104 Å². The molecular formula is C30H24N6O2. The summed E-state index contributed by atoms with van der Waals surface area (Å²) >= 11 is 0. The Bertz CT molecular complexity index is 1670. The number of fused-ring (bicyclic) bond motifs is 1. The summed E-state index contributed by atoms with van der Waals surface area (Å²) < 4.78 is 12.4. The smallest absolute Gasteiger partial charge is 0.220 e. The number of nitrogens with two attached hydrogens (primary N) is 1. The van der Waals surface area contributed by atoms with Crippen LogP contribution in [0.5, 0.6) is 11.6 Å². The van der Waals surface area contributed by atoms with Crippen LogP contribution in [0.4, 0.5) is 5.95 Å². The van der Waals surface area contributed by atoms with Crippen LogP contribution in [0.2, 0.25) is 0 Å². The number of H-pyrrole nitrogens is 1. The fourth-order valence-electron chi connectivity index (χ4n) is 4.19. The lowest BCUT2D eigenvalue weighted by Gasteiger charge is -2.12. The number of nitrogens with one attached hydrogen (secondary N) is 1. The highest BCUT2D eigenvalue weighted by molar-refractivity contribution is 5.97. The highest BCUT2D eigenvalue weighted by Gasteiger charge is 2.17. The largest absolute Gasteiger partial charge is 0.488 e. The van der Waals surface area contributed by atoms with Gasteiger partial charge in [0.1, 0.15) is 24.6 Å². The van der Waals surface area contributed by atoms with Crippen molar-refractivity contribution in [3.63, 3.8) is 0 Å². The van der Waals surface area contributed by atoms with Gasteiger partial charge >= 0.3 is 0 Å². The molecule has 4 aromatic heterocycles. The molecule has 0 aliphatic rings. The lowest BCUT2D eigenvalue weighted by atomic mass is 10.1. The van der Waals surface area contributed by atoms with Crippen LogP contribution in [-0.2, 0) is 13.2 Å². The molecule has 8 heteroatoms. The standard InChI is InChI=1S/C30H24N6O2/c31-30-33-15-13-25(35-30)23-17-34-29-28(23)26(37-18-20-6-2-1-3-7-20)16-27(36-29)38-19-21-9-11-22(12-10-21)24-8-4-5-14-32-24/h1-17H,18-19H2,(H,34,36)(H2,31,33,35). The summed E-state index contributed by atoms with van der Waals surface area (Å²) in [5.41, 5.74) is 12.0. The molecule has 0 atom stereocenters. The van der Waals surface area contributed by atoms with Crippen molar-refractivity contribution in [2.24, 2.45) is 0 Å². The second kappa shape index (κ2) is 10.4. The number of benzene rings is 2. The number of anilines is 1. The second-order valence-electron chi connectivity index (χ2n) is 8.66. The summed E-state index contributed by atoms with van der Waals surface area (Å²) in [5.74, 6) is 1.28. The molecule has 6 aromatic rings. The van der Waals surface area contributed by atoms with Crippen molar-refractivity contribution < 1.29 is 9.47 Å². The van der Waals surface area contributed by atoms with Crippen molar-refractivity contribution in [1.29, 1.82) is 0 Å². The molecule has 0 unspecified atom stereocenters. The van der Waals surface area contributed by atoms with E-state index in [1.165, 1.54) is 0 Å². The summed E-state index contributed by atoms with van der Waals surface area (Å²) in [5, 5.41) is 0.797. The SMILES string of the molecule is Nc1nccc(-c2c[nH]c3nc(OCc4ccc(-c5ccccn5)cc4)cc(OCc4ccccc4)c23)n1. The Hall–Kier alpha value is -5.24. The summed E-state index contributed by atoms with van der Waals surface area (Å²) in [4.78, 5) is 20.7. The fourth-order valence-corrected chi connectivity index (χ4v) is 4.19. The minimum Gasteiger partial charge on any atom is -0.488 e. The molecular weight excluding hydrogens is 476 g/mol. The zero-order valence-corrected chi connectivity index (χ0v) is 20.4. The summed E-state index contributed by atoms with van der Waals surface area (Å²) in [6, 6.07) is 27.6. The van der Waals surface area contributed by atoms with Gasteiger partial charge in [-0.15, -0.1) is 0 Å². The number of aromatic amines is 1. The van der Waals surface area contributed by atoms with E-state index in [1.54, 1.807) is 18.5 Å². The van der Waals surface area contributed by atoms with Gasteiger partial charge in [0.05, 0.1) is 16.8 Å². The van der Waals surface area contributed by atoms with E-state index in [0.29, 0.717) is 36.2 Å². The van der Waals surface area contributed by atoms with Crippen LogP contribution in [0, 0.1) is 0 Å². The van der Waals surface area contributed by atoms with Crippen LogP contribution < -0.4 is 15.2 Å². The van der Waals surface area contributed by atoms with Crippen molar-refractivity contribution in [3.05, 3.63) is 115 Å². The Morgan fingerprint density at radius 1 is 0.711 bits per heavy atom. The lowest BCUT2D eigenvalue weighted by Crippen LogP contribution is -2.01. The van der Waals surface area contributed by atoms with Crippen molar-refractivity contribution in [3.8, 4) is 34.1 Å². The maximum absolute atomic E-state index is 6.29. The van der Waals surface area contributed by atoms with Gasteiger partial charge in [-0.1, -0.05) is 60.7 Å². The average Bonchev–Trinajstić information content (AvgIpc) is 3.40. The molecule has 6 rings (SSSR count). The van der Waals surface area contributed by atoms with E-state index in [1.807, 2.05) is 85.1 Å². The first-order chi connectivity index (χ1) is 18.7. The van der Waals surface area contributed by atoms with E-state index in [0.717, 1.165) is 33.3 Å². The van der Waals surface area contributed by atoms with E-state index in [2.05, 4.69) is 19.9 Å². The normalized spacial score (nSPS) is 10.9. The maximum Gasteiger partial charge on any atom is 0.220 e. The number of rotatable bonds is 8. The molecule has 4 heterocycles. The van der Waals surface area contributed by atoms with Gasteiger partial charge in [-0.25, -0.2) is 9.97 Å². The van der Waals surface area contributed by atoms with Crippen molar-refractivity contribution >= 4 is 17.0 Å². The third-order valence-electron chi connectivity index (χ3n) is 6.07. The third kappa shape index (κ3) is 5.01. The number of hydrogen-bond donors (Lipinski definition) is 2. The minimum absolute atomic E-state index is 0.200. The molecule has 0 aliphatic heterocycles. The Morgan fingerprint density at radius 2 is 1.50 bits per heavy atom. The van der Waals surface area contributed by atoms with Crippen LogP contribution in [0.1, 0.15) is 11.1 Å². The minimum atomic E-state index is 0.200. The first-order valence-electron chi connectivity index (χ1n) is 12.1. The zero-order valence-electron chi connectivity index (χ0n) is 20.4. The van der Waals surface area contributed by atoms with Crippen molar-refractivity contribution in [1.82, 2.24) is 24.9 Å². The average molecular weight is 501 g/mol. The van der Waals surface area contributed by atoms with Gasteiger partial charge in [0.2, 0.25) is 11.8 Å². The zero-order chi connectivity index (χ0) is 25.7. The molecule has 0 bridgehead atoms. The molecule has 0 saturated carbocycles. The Kier molecular flexibility index (Phi) is 6.34. The first kappa shape index (κ1) is 23.2. The molecule has 0 amide bonds. The Balaban J connectivity index is 1.29. The molecule has 0 spiro atoms. The molecule has 2 aromatic carbocycles. The van der Waals surface area contributed by atoms with Gasteiger partial charge in [0, 0.05) is 35.8 Å². The molecule has 0 aliphatic carbocycles. The van der Waals surface area contributed by atoms with Crippen LogP contribution >= 0.6 is 0 Å². The predicted octanol–water partition coefficient (Wildman–Crippen LogP) is 5.82. The topological polar surface area (TPSA) is 112 Å². The molecule has 8 nitrogen and oxygen atoms in total. The molecule has 0 radical (unpaired) electrons. The van der Waals surface area contributed by atoms with E-state index in [-0.39, 0.29) is 5.95 Å². The number of nitrogen functional groups attached to an aromatic ring is 1. The van der Waals surface area contributed by atoms with E-state index < -0.39 is 0 Å². The molecule has 38 heavy (non-hydrogen) atoms. The van der Waals surface area contributed by atoms with Crippen molar-refractivity contribution in [2.75, 3.05) is 5.73 Å². The number of ether oxygens (including phenoxy) is 2. The number of aromatic nitrogens is 5. The van der Waals surface area contributed by atoms with Gasteiger partial charge in [-0.05, 0) is 29.3 Å². The third-order valence-corrected chi connectivity index (χ3v) is 6.07. The summed E-state index contributed by atoms with van der Waals surface area (Å²) in [7, 11) is 0. The van der Waals surface area contributed by atoms with Crippen LogP contribution in [0.3, 0.4) is 0 Å². The van der Waals surface area contributed by atoms with E-state index in [9.17, 15) is 0 Å². The van der Waals surface area contributed by atoms with Gasteiger partial charge in [-0.3, -0.25) is 4.98 Å². The summed E-state index contributed by atoms with van der Waals surface area (Å²) in [6.45, 7) is 0.750. The first-order valence-corrected chi connectivity index (χ1v) is 12.1. The van der Waals surface area contributed by atoms with Gasteiger partial charge in [0.25, 0.3) is 0 Å². The summed E-state index contributed by atoms with van der Waals surface area (Å²) in [6.07, 6.45) is 5.26. The van der Waals surface area contributed by atoms with E-state index in [4.69, 9.17) is 20.2 Å². The second-order valence-corrected chi connectivity index (χ2v) is 8.66. The Labute approximate surface area is 219 Å². The van der Waals surface area contributed by atoms with Gasteiger partial charge in [0.15, 0.2) is 0 Å².